The molecule has 5 nitrogen and oxygen atoms in total. The summed E-state index contributed by atoms with van der Waals surface area (Å²) >= 11 is 0. The Hall–Kier alpha value is -2.01. The molecule has 0 aliphatic carbocycles. The number of amides is 1. The van der Waals surface area contributed by atoms with Crippen LogP contribution in [0, 0.1) is 0 Å². The number of ether oxygens (including phenoxy) is 2. The highest BCUT2D eigenvalue weighted by molar-refractivity contribution is 5.77. The highest BCUT2D eigenvalue weighted by Gasteiger charge is 2.16. The highest BCUT2D eigenvalue weighted by Crippen LogP contribution is 2.28. The van der Waals surface area contributed by atoms with Crippen LogP contribution in [0.2, 0.25) is 0 Å². The second-order valence-electron chi connectivity index (χ2n) is 4.86. The smallest absolute Gasteiger partial charge is 0.260 e. The standard InChI is InChI=1S/C16H24N2O3/c1-5-6-13-7-8-14(15(9-13)20-4)21-11-16(19)18(3)12(2)10-17/h5,7-9,12H,1,6,10-11,17H2,2-4H3. The lowest BCUT2D eigenvalue weighted by molar-refractivity contribution is -0.133. The van der Waals surface area contributed by atoms with Crippen molar-refractivity contribution in [1.29, 1.82) is 0 Å². The van der Waals surface area contributed by atoms with E-state index in [-0.39, 0.29) is 18.6 Å². The zero-order valence-electron chi connectivity index (χ0n) is 13.0. The number of hydrogen-bond donors (Lipinski definition) is 1. The molecule has 0 bridgehead atoms. The lowest BCUT2D eigenvalue weighted by atomic mass is 10.1. The summed E-state index contributed by atoms with van der Waals surface area (Å²) in [5, 5.41) is 0. The summed E-state index contributed by atoms with van der Waals surface area (Å²) < 4.78 is 10.8. The Morgan fingerprint density at radius 2 is 2.19 bits per heavy atom. The minimum atomic E-state index is -0.120. The number of carbonyl (C=O) groups is 1. The van der Waals surface area contributed by atoms with Crippen molar-refractivity contribution in [2.75, 3.05) is 27.3 Å². The monoisotopic (exact) mass is 292 g/mol. The van der Waals surface area contributed by atoms with Crippen LogP contribution in [0.1, 0.15) is 12.5 Å². The molecule has 0 aromatic heterocycles. The topological polar surface area (TPSA) is 64.8 Å². The van der Waals surface area contributed by atoms with Crippen molar-refractivity contribution in [2.24, 2.45) is 5.73 Å². The van der Waals surface area contributed by atoms with Crippen LogP contribution in [0.3, 0.4) is 0 Å². The van der Waals surface area contributed by atoms with E-state index in [0.717, 1.165) is 12.0 Å². The minimum absolute atomic E-state index is 0.0158. The molecular weight excluding hydrogens is 268 g/mol. The quantitative estimate of drug-likeness (QED) is 0.739. The van der Waals surface area contributed by atoms with Crippen LogP contribution in [0.4, 0.5) is 0 Å². The van der Waals surface area contributed by atoms with Gasteiger partial charge in [0.2, 0.25) is 0 Å². The Labute approximate surface area is 126 Å². The van der Waals surface area contributed by atoms with E-state index in [2.05, 4.69) is 6.58 Å². The van der Waals surface area contributed by atoms with Crippen LogP contribution in [-0.4, -0.2) is 44.2 Å². The first-order valence-corrected chi connectivity index (χ1v) is 6.89. The number of hydrogen-bond acceptors (Lipinski definition) is 4. The van der Waals surface area contributed by atoms with Gasteiger partial charge in [0.1, 0.15) is 0 Å². The Bertz CT molecular complexity index is 488. The lowest BCUT2D eigenvalue weighted by Gasteiger charge is -2.23. The number of likely N-dealkylation sites (N-methyl/N-ethyl adjacent to an activating group) is 1. The summed E-state index contributed by atoms with van der Waals surface area (Å²) in [6, 6.07) is 5.60. The van der Waals surface area contributed by atoms with Gasteiger partial charge in [-0.2, -0.15) is 0 Å². The number of nitrogens with zero attached hydrogens (tertiary/aromatic N) is 1. The lowest BCUT2D eigenvalue weighted by Crippen LogP contribution is -2.42. The van der Waals surface area contributed by atoms with Crippen molar-refractivity contribution in [2.45, 2.75) is 19.4 Å². The number of rotatable bonds is 8. The third-order valence-electron chi connectivity index (χ3n) is 3.35. The number of nitrogens with two attached hydrogens (primary N) is 1. The van der Waals surface area contributed by atoms with Crippen LogP contribution >= 0.6 is 0 Å². The molecule has 1 aromatic carbocycles. The van der Waals surface area contributed by atoms with Gasteiger partial charge in [-0.25, -0.2) is 0 Å². The number of carbonyl (C=O) groups excluding carboxylic acids is 1. The SMILES string of the molecule is C=CCc1ccc(OCC(=O)N(C)C(C)CN)c(OC)c1. The molecule has 1 amide bonds. The van der Waals surface area contributed by atoms with Crippen molar-refractivity contribution in [3.8, 4) is 11.5 Å². The molecule has 0 radical (unpaired) electrons. The van der Waals surface area contributed by atoms with Gasteiger partial charge < -0.3 is 20.1 Å². The van der Waals surface area contributed by atoms with Gasteiger partial charge in [-0.3, -0.25) is 4.79 Å². The summed E-state index contributed by atoms with van der Waals surface area (Å²) in [4.78, 5) is 13.6. The fourth-order valence-corrected chi connectivity index (χ4v) is 1.77. The average molecular weight is 292 g/mol. The van der Waals surface area contributed by atoms with E-state index in [1.54, 1.807) is 25.1 Å². The van der Waals surface area contributed by atoms with Gasteiger partial charge in [-0.1, -0.05) is 12.1 Å². The molecule has 0 fully saturated rings. The van der Waals surface area contributed by atoms with Gasteiger partial charge in [0.05, 0.1) is 7.11 Å². The molecular formula is C16H24N2O3. The molecule has 1 atom stereocenters. The molecule has 1 aromatic rings. The van der Waals surface area contributed by atoms with E-state index >= 15 is 0 Å². The predicted octanol–water partition coefficient (Wildman–Crippen LogP) is 1.61. The normalized spacial score (nSPS) is 11.6. The molecule has 0 saturated carbocycles. The maximum atomic E-state index is 12.0. The van der Waals surface area contributed by atoms with E-state index in [9.17, 15) is 4.79 Å². The summed E-state index contributed by atoms with van der Waals surface area (Å²) in [6.45, 7) is 5.97. The Morgan fingerprint density at radius 1 is 1.48 bits per heavy atom. The van der Waals surface area contributed by atoms with Gasteiger partial charge in [-0.05, 0) is 31.0 Å². The summed E-state index contributed by atoms with van der Waals surface area (Å²) in [6.07, 6.45) is 2.58. The Balaban J connectivity index is 2.70. The van der Waals surface area contributed by atoms with Crippen molar-refractivity contribution < 1.29 is 14.3 Å². The fraction of sp³-hybridized carbons (Fsp3) is 0.438. The first-order chi connectivity index (χ1) is 10.0. The Kier molecular flexibility index (Phi) is 6.75. The van der Waals surface area contributed by atoms with Crippen LogP contribution in [-0.2, 0) is 11.2 Å². The molecule has 0 spiro atoms. The molecule has 2 N–H and O–H groups in total. The molecule has 0 heterocycles. The van der Waals surface area contributed by atoms with Crippen LogP contribution < -0.4 is 15.2 Å². The highest BCUT2D eigenvalue weighted by atomic mass is 16.5. The summed E-state index contributed by atoms with van der Waals surface area (Å²) in [5.41, 5.74) is 6.62. The van der Waals surface area contributed by atoms with E-state index in [1.807, 2.05) is 25.1 Å². The van der Waals surface area contributed by atoms with E-state index in [4.69, 9.17) is 15.2 Å². The van der Waals surface area contributed by atoms with Crippen molar-refractivity contribution in [1.82, 2.24) is 4.90 Å². The van der Waals surface area contributed by atoms with Crippen LogP contribution in [0.15, 0.2) is 30.9 Å². The maximum Gasteiger partial charge on any atom is 0.260 e. The molecule has 0 aliphatic rings. The van der Waals surface area contributed by atoms with Crippen molar-refractivity contribution in [3.63, 3.8) is 0 Å². The first kappa shape index (κ1) is 17.0. The molecule has 0 aliphatic heterocycles. The van der Waals surface area contributed by atoms with Crippen LogP contribution in [0.25, 0.3) is 0 Å². The van der Waals surface area contributed by atoms with E-state index < -0.39 is 0 Å². The van der Waals surface area contributed by atoms with Gasteiger partial charge in [-0.15, -0.1) is 6.58 Å². The summed E-state index contributed by atoms with van der Waals surface area (Å²) in [7, 11) is 3.29. The second-order valence-corrected chi connectivity index (χ2v) is 4.86. The number of benzene rings is 1. The van der Waals surface area contributed by atoms with E-state index in [1.165, 1.54) is 0 Å². The zero-order valence-corrected chi connectivity index (χ0v) is 13.0. The zero-order chi connectivity index (χ0) is 15.8. The third kappa shape index (κ3) is 4.79. The van der Waals surface area contributed by atoms with Crippen molar-refractivity contribution in [3.05, 3.63) is 36.4 Å². The predicted molar refractivity (Wildman–Crippen MR) is 83.7 cm³/mol. The second kappa shape index (κ2) is 8.32. The van der Waals surface area contributed by atoms with Crippen molar-refractivity contribution >= 4 is 5.91 Å². The molecule has 116 valence electrons. The Morgan fingerprint density at radius 3 is 2.76 bits per heavy atom. The fourth-order valence-electron chi connectivity index (χ4n) is 1.77. The maximum absolute atomic E-state index is 12.0. The van der Waals surface area contributed by atoms with Gasteiger partial charge >= 0.3 is 0 Å². The molecule has 0 saturated heterocycles. The van der Waals surface area contributed by atoms with Gasteiger partial charge in [0, 0.05) is 19.6 Å². The molecule has 5 heteroatoms. The van der Waals surface area contributed by atoms with E-state index in [0.29, 0.717) is 18.0 Å². The largest absolute Gasteiger partial charge is 0.493 e. The third-order valence-corrected chi connectivity index (χ3v) is 3.35. The number of allylic oxidation sites excluding steroid dienone is 1. The molecule has 21 heavy (non-hydrogen) atoms. The average Bonchev–Trinajstić information content (AvgIpc) is 2.51. The molecule has 1 unspecified atom stereocenters. The van der Waals surface area contributed by atoms with Gasteiger partial charge in [0.15, 0.2) is 18.1 Å². The first-order valence-electron chi connectivity index (χ1n) is 6.89. The minimum Gasteiger partial charge on any atom is -0.493 e. The summed E-state index contributed by atoms with van der Waals surface area (Å²) in [5.74, 6) is 1.04. The van der Waals surface area contributed by atoms with Crippen LogP contribution in [0.5, 0.6) is 11.5 Å². The molecule has 1 rings (SSSR count). The van der Waals surface area contributed by atoms with Gasteiger partial charge in [0.25, 0.3) is 5.91 Å². The number of methoxy groups -OCH3 is 1.